The lowest BCUT2D eigenvalue weighted by Crippen LogP contribution is -2.27. The number of benzene rings is 1. The summed E-state index contributed by atoms with van der Waals surface area (Å²) in [5.74, 6) is 1.53. The summed E-state index contributed by atoms with van der Waals surface area (Å²) in [6, 6.07) is 7.80. The van der Waals surface area contributed by atoms with Crippen LogP contribution in [0.25, 0.3) is 11.0 Å². The van der Waals surface area contributed by atoms with Crippen LogP contribution >= 0.6 is 0 Å². The zero-order valence-corrected chi connectivity index (χ0v) is 13.0. The molecule has 0 bridgehead atoms. The van der Waals surface area contributed by atoms with Crippen molar-refractivity contribution in [3.8, 4) is 0 Å². The van der Waals surface area contributed by atoms with E-state index in [1.54, 1.807) is 12.3 Å². The summed E-state index contributed by atoms with van der Waals surface area (Å²) in [6.07, 6.45) is 1.60. The van der Waals surface area contributed by atoms with Crippen molar-refractivity contribution in [3.05, 3.63) is 53.2 Å². The summed E-state index contributed by atoms with van der Waals surface area (Å²) in [5, 5.41) is 2.86. The second-order valence-corrected chi connectivity index (χ2v) is 5.53. The van der Waals surface area contributed by atoms with Gasteiger partial charge in [-0.1, -0.05) is 0 Å². The van der Waals surface area contributed by atoms with Gasteiger partial charge in [0.2, 0.25) is 5.91 Å². The molecule has 2 aromatic heterocycles. The minimum Gasteiger partial charge on any atom is -0.467 e. The number of aromatic nitrogens is 2. The Morgan fingerprint density at radius 2 is 2.05 bits per heavy atom. The molecule has 0 aliphatic heterocycles. The Labute approximate surface area is 129 Å². The number of furan rings is 1. The van der Waals surface area contributed by atoms with E-state index in [0.29, 0.717) is 6.54 Å². The standard InChI is InChI=1S/C17H19N3O2/c1-11-7-15-16(8-12(11)2)20(13(3)19-15)10-17(21)18-9-14-5-4-6-22-14/h4-8H,9-10H2,1-3H3,(H,18,21). The van der Waals surface area contributed by atoms with Gasteiger partial charge in [0, 0.05) is 0 Å². The van der Waals surface area contributed by atoms with E-state index >= 15 is 0 Å². The van der Waals surface area contributed by atoms with E-state index in [-0.39, 0.29) is 12.5 Å². The molecule has 0 saturated heterocycles. The van der Waals surface area contributed by atoms with Crippen LogP contribution in [0, 0.1) is 20.8 Å². The van der Waals surface area contributed by atoms with E-state index in [0.717, 1.165) is 22.6 Å². The average Bonchev–Trinajstić information content (AvgIpc) is 3.08. The molecular weight excluding hydrogens is 278 g/mol. The molecular formula is C17H19N3O2. The van der Waals surface area contributed by atoms with Crippen LogP contribution in [0.4, 0.5) is 0 Å². The highest BCUT2D eigenvalue weighted by molar-refractivity contribution is 5.82. The van der Waals surface area contributed by atoms with Gasteiger partial charge in [-0.15, -0.1) is 0 Å². The van der Waals surface area contributed by atoms with Gasteiger partial charge in [-0.3, -0.25) is 4.79 Å². The van der Waals surface area contributed by atoms with E-state index in [2.05, 4.69) is 36.3 Å². The smallest absolute Gasteiger partial charge is 0.240 e. The maximum absolute atomic E-state index is 12.2. The highest BCUT2D eigenvalue weighted by atomic mass is 16.3. The first kappa shape index (κ1) is 14.4. The number of hydrogen-bond acceptors (Lipinski definition) is 3. The van der Waals surface area contributed by atoms with Crippen LogP contribution in [0.3, 0.4) is 0 Å². The molecule has 3 rings (SSSR count). The topological polar surface area (TPSA) is 60.1 Å². The van der Waals surface area contributed by atoms with Crippen molar-refractivity contribution in [2.45, 2.75) is 33.9 Å². The maximum Gasteiger partial charge on any atom is 0.240 e. The third-order valence-electron chi connectivity index (χ3n) is 3.90. The van der Waals surface area contributed by atoms with Crippen LogP contribution in [-0.2, 0) is 17.9 Å². The monoisotopic (exact) mass is 297 g/mol. The summed E-state index contributed by atoms with van der Waals surface area (Å²) in [4.78, 5) is 16.7. The number of imidazole rings is 1. The number of nitrogens with one attached hydrogen (secondary N) is 1. The van der Waals surface area contributed by atoms with E-state index in [1.807, 2.05) is 17.6 Å². The average molecular weight is 297 g/mol. The van der Waals surface area contributed by atoms with Crippen molar-refractivity contribution in [2.24, 2.45) is 0 Å². The number of amides is 1. The SMILES string of the molecule is Cc1cc2nc(C)n(CC(=O)NCc3ccco3)c2cc1C. The Bertz CT molecular complexity index is 816. The van der Waals surface area contributed by atoms with Crippen molar-refractivity contribution in [3.63, 3.8) is 0 Å². The first-order valence-electron chi connectivity index (χ1n) is 7.28. The molecule has 1 amide bonds. The molecule has 22 heavy (non-hydrogen) atoms. The van der Waals surface area contributed by atoms with Crippen molar-refractivity contribution in [1.82, 2.24) is 14.9 Å². The second-order valence-electron chi connectivity index (χ2n) is 5.53. The minimum atomic E-state index is -0.0583. The van der Waals surface area contributed by atoms with E-state index in [9.17, 15) is 4.79 Å². The van der Waals surface area contributed by atoms with Gasteiger partial charge in [-0.25, -0.2) is 4.98 Å². The lowest BCUT2D eigenvalue weighted by Gasteiger charge is -2.08. The summed E-state index contributed by atoms with van der Waals surface area (Å²) in [5.41, 5.74) is 4.33. The molecule has 5 heteroatoms. The van der Waals surface area contributed by atoms with Crippen LogP contribution in [0.5, 0.6) is 0 Å². The molecule has 0 unspecified atom stereocenters. The zero-order chi connectivity index (χ0) is 15.7. The lowest BCUT2D eigenvalue weighted by molar-refractivity contribution is -0.121. The maximum atomic E-state index is 12.2. The Morgan fingerprint density at radius 1 is 1.27 bits per heavy atom. The van der Waals surface area contributed by atoms with Gasteiger partial charge in [-0.05, 0) is 56.2 Å². The van der Waals surface area contributed by atoms with Crippen molar-refractivity contribution in [2.75, 3.05) is 0 Å². The molecule has 2 heterocycles. The molecule has 114 valence electrons. The molecule has 0 radical (unpaired) electrons. The summed E-state index contributed by atoms with van der Waals surface area (Å²) >= 11 is 0. The third kappa shape index (κ3) is 2.74. The molecule has 0 atom stereocenters. The Hall–Kier alpha value is -2.56. The highest BCUT2D eigenvalue weighted by Crippen LogP contribution is 2.20. The van der Waals surface area contributed by atoms with Crippen LogP contribution in [-0.4, -0.2) is 15.5 Å². The van der Waals surface area contributed by atoms with E-state index < -0.39 is 0 Å². The summed E-state index contributed by atoms with van der Waals surface area (Å²) < 4.78 is 7.15. The predicted molar refractivity (Wildman–Crippen MR) is 84.5 cm³/mol. The number of carbonyl (C=O) groups excluding carboxylic acids is 1. The number of hydrogen-bond donors (Lipinski definition) is 1. The first-order valence-corrected chi connectivity index (χ1v) is 7.28. The number of fused-ring (bicyclic) bond motifs is 1. The third-order valence-corrected chi connectivity index (χ3v) is 3.90. The Balaban J connectivity index is 1.79. The minimum absolute atomic E-state index is 0.0583. The van der Waals surface area contributed by atoms with Crippen molar-refractivity contribution >= 4 is 16.9 Å². The van der Waals surface area contributed by atoms with Crippen molar-refractivity contribution < 1.29 is 9.21 Å². The number of nitrogens with zero attached hydrogens (tertiary/aromatic N) is 2. The van der Waals surface area contributed by atoms with E-state index in [1.165, 1.54) is 11.1 Å². The molecule has 1 N–H and O–H groups in total. The van der Waals surface area contributed by atoms with Gasteiger partial charge < -0.3 is 14.3 Å². The number of carbonyl (C=O) groups is 1. The van der Waals surface area contributed by atoms with Gasteiger partial charge in [0.15, 0.2) is 0 Å². The van der Waals surface area contributed by atoms with Gasteiger partial charge in [0.05, 0.1) is 23.8 Å². The quantitative estimate of drug-likeness (QED) is 0.805. The van der Waals surface area contributed by atoms with E-state index in [4.69, 9.17) is 4.42 Å². The summed E-state index contributed by atoms with van der Waals surface area (Å²) in [7, 11) is 0. The van der Waals surface area contributed by atoms with Crippen LogP contribution in [0.15, 0.2) is 34.9 Å². The fourth-order valence-corrected chi connectivity index (χ4v) is 2.50. The molecule has 5 nitrogen and oxygen atoms in total. The Morgan fingerprint density at radius 3 is 2.77 bits per heavy atom. The lowest BCUT2D eigenvalue weighted by atomic mass is 10.1. The largest absolute Gasteiger partial charge is 0.467 e. The molecule has 1 aromatic carbocycles. The molecule has 0 saturated carbocycles. The molecule has 0 spiro atoms. The van der Waals surface area contributed by atoms with Gasteiger partial charge in [-0.2, -0.15) is 0 Å². The van der Waals surface area contributed by atoms with Crippen LogP contribution in [0.1, 0.15) is 22.7 Å². The van der Waals surface area contributed by atoms with Crippen molar-refractivity contribution in [1.29, 1.82) is 0 Å². The summed E-state index contributed by atoms with van der Waals surface area (Å²) in [6.45, 7) is 6.71. The highest BCUT2D eigenvalue weighted by Gasteiger charge is 2.12. The zero-order valence-electron chi connectivity index (χ0n) is 13.0. The number of aryl methyl sites for hydroxylation is 3. The van der Waals surface area contributed by atoms with Gasteiger partial charge in [0.1, 0.15) is 18.1 Å². The predicted octanol–water partition coefficient (Wildman–Crippen LogP) is 2.87. The van der Waals surface area contributed by atoms with Crippen LogP contribution < -0.4 is 5.32 Å². The Kier molecular flexibility index (Phi) is 3.71. The molecule has 3 aromatic rings. The normalized spacial score (nSPS) is 11.0. The molecule has 0 aliphatic rings. The molecule has 0 fully saturated rings. The van der Waals surface area contributed by atoms with Gasteiger partial charge in [0.25, 0.3) is 0 Å². The fraction of sp³-hybridized carbons (Fsp3) is 0.294. The number of rotatable bonds is 4. The van der Waals surface area contributed by atoms with Crippen LogP contribution in [0.2, 0.25) is 0 Å². The molecule has 0 aliphatic carbocycles. The second kappa shape index (κ2) is 5.67. The first-order chi connectivity index (χ1) is 10.5. The van der Waals surface area contributed by atoms with Gasteiger partial charge >= 0.3 is 0 Å². The fourth-order valence-electron chi connectivity index (χ4n) is 2.50.